The number of fused-ring (bicyclic) bond motifs is 1. The molecule has 2 aromatic carbocycles. The third-order valence-corrected chi connectivity index (χ3v) is 4.64. The Morgan fingerprint density at radius 1 is 1.15 bits per heavy atom. The second kappa shape index (κ2) is 7.36. The topological polar surface area (TPSA) is 79.9 Å². The Morgan fingerprint density at radius 3 is 2.67 bits per heavy atom. The van der Waals surface area contributed by atoms with Crippen LogP contribution in [0.15, 0.2) is 36.4 Å². The highest BCUT2D eigenvalue weighted by Crippen LogP contribution is 2.38. The number of benzene rings is 2. The summed E-state index contributed by atoms with van der Waals surface area (Å²) in [6.07, 6.45) is 0.758. The molecule has 2 aromatic rings. The van der Waals surface area contributed by atoms with Crippen molar-refractivity contribution in [2.24, 2.45) is 0 Å². The molecule has 1 fully saturated rings. The SMILES string of the molecule is O=C(Nc1ccc(N2CCNC2=O)cc1)c1cc(Cl)c2c(c1)OCCCO2. The maximum Gasteiger partial charge on any atom is 0.321 e. The predicted octanol–water partition coefficient (Wildman–Crippen LogP) is 3.28. The van der Waals surface area contributed by atoms with Crippen LogP contribution in [-0.4, -0.2) is 38.2 Å². The number of carbonyl (C=O) groups excluding carboxylic acids is 2. The average molecular weight is 388 g/mol. The molecule has 3 amide bonds. The predicted molar refractivity (Wildman–Crippen MR) is 102 cm³/mol. The van der Waals surface area contributed by atoms with Crippen molar-refractivity contribution >= 4 is 34.9 Å². The zero-order chi connectivity index (χ0) is 18.8. The molecular formula is C19H18ClN3O4. The quantitative estimate of drug-likeness (QED) is 0.847. The Labute approximate surface area is 161 Å². The van der Waals surface area contributed by atoms with Crippen LogP contribution in [0.2, 0.25) is 5.02 Å². The van der Waals surface area contributed by atoms with E-state index in [-0.39, 0.29) is 11.9 Å². The van der Waals surface area contributed by atoms with Gasteiger partial charge in [-0.25, -0.2) is 4.79 Å². The molecule has 2 aliphatic heterocycles. The van der Waals surface area contributed by atoms with Gasteiger partial charge >= 0.3 is 6.03 Å². The molecule has 0 atom stereocenters. The van der Waals surface area contributed by atoms with Crippen molar-refractivity contribution in [1.29, 1.82) is 0 Å². The normalized spacial score (nSPS) is 15.9. The molecule has 0 bridgehead atoms. The molecule has 0 radical (unpaired) electrons. The largest absolute Gasteiger partial charge is 0.489 e. The molecular weight excluding hydrogens is 370 g/mol. The van der Waals surface area contributed by atoms with E-state index in [1.807, 2.05) is 0 Å². The number of nitrogens with zero attached hydrogens (tertiary/aromatic N) is 1. The van der Waals surface area contributed by atoms with Gasteiger partial charge in [0.05, 0.1) is 18.2 Å². The summed E-state index contributed by atoms with van der Waals surface area (Å²) < 4.78 is 11.2. The van der Waals surface area contributed by atoms with Crippen LogP contribution in [0.5, 0.6) is 11.5 Å². The fourth-order valence-corrected chi connectivity index (χ4v) is 3.27. The Morgan fingerprint density at radius 2 is 1.93 bits per heavy atom. The molecule has 2 aliphatic rings. The number of ether oxygens (including phenoxy) is 2. The van der Waals surface area contributed by atoms with Gasteiger partial charge in [-0.1, -0.05) is 11.6 Å². The van der Waals surface area contributed by atoms with E-state index >= 15 is 0 Å². The molecule has 4 rings (SSSR count). The maximum atomic E-state index is 12.6. The minimum atomic E-state index is -0.306. The lowest BCUT2D eigenvalue weighted by Gasteiger charge is -2.15. The van der Waals surface area contributed by atoms with E-state index in [9.17, 15) is 9.59 Å². The van der Waals surface area contributed by atoms with Crippen LogP contribution in [-0.2, 0) is 0 Å². The van der Waals surface area contributed by atoms with Gasteiger partial charge in [0.1, 0.15) is 0 Å². The Kier molecular flexibility index (Phi) is 4.77. The van der Waals surface area contributed by atoms with Crippen molar-refractivity contribution < 1.29 is 19.1 Å². The van der Waals surface area contributed by atoms with Gasteiger partial charge in [0.15, 0.2) is 11.5 Å². The van der Waals surface area contributed by atoms with Crippen molar-refractivity contribution in [1.82, 2.24) is 5.32 Å². The fraction of sp³-hybridized carbons (Fsp3) is 0.263. The molecule has 0 saturated carbocycles. The highest BCUT2D eigenvalue weighted by atomic mass is 35.5. The summed E-state index contributed by atoms with van der Waals surface area (Å²) in [6.45, 7) is 2.29. The monoisotopic (exact) mass is 387 g/mol. The molecule has 0 spiro atoms. The Balaban J connectivity index is 1.50. The number of nitrogens with one attached hydrogen (secondary N) is 2. The summed E-state index contributed by atoms with van der Waals surface area (Å²) in [5.41, 5.74) is 1.78. The summed E-state index contributed by atoms with van der Waals surface area (Å²) in [5, 5.41) is 5.92. The summed E-state index contributed by atoms with van der Waals surface area (Å²) in [5.74, 6) is 0.638. The van der Waals surface area contributed by atoms with Gasteiger partial charge in [-0.2, -0.15) is 0 Å². The van der Waals surface area contributed by atoms with E-state index in [1.165, 1.54) is 0 Å². The van der Waals surface area contributed by atoms with Crippen LogP contribution in [0.1, 0.15) is 16.8 Å². The molecule has 0 aliphatic carbocycles. The van der Waals surface area contributed by atoms with Crippen molar-refractivity contribution in [2.75, 3.05) is 36.5 Å². The summed E-state index contributed by atoms with van der Waals surface area (Å²) in [7, 11) is 0. The molecule has 2 heterocycles. The van der Waals surface area contributed by atoms with Crippen LogP contribution < -0.4 is 25.0 Å². The van der Waals surface area contributed by atoms with E-state index in [4.69, 9.17) is 21.1 Å². The Bertz CT molecular complexity index is 885. The van der Waals surface area contributed by atoms with Crippen molar-refractivity contribution in [3.8, 4) is 11.5 Å². The van der Waals surface area contributed by atoms with Crippen LogP contribution >= 0.6 is 11.6 Å². The zero-order valence-electron chi connectivity index (χ0n) is 14.5. The van der Waals surface area contributed by atoms with Crippen molar-refractivity contribution in [3.05, 3.63) is 47.0 Å². The Hall–Kier alpha value is -2.93. The van der Waals surface area contributed by atoms with Gasteiger partial charge in [0.2, 0.25) is 0 Å². The van der Waals surface area contributed by atoms with Crippen LogP contribution in [0.4, 0.5) is 16.2 Å². The molecule has 1 saturated heterocycles. The first-order chi connectivity index (χ1) is 13.1. The lowest BCUT2D eigenvalue weighted by atomic mass is 10.1. The minimum Gasteiger partial charge on any atom is -0.489 e. The minimum absolute atomic E-state index is 0.117. The molecule has 0 aromatic heterocycles. The molecule has 140 valence electrons. The van der Waals surface area contributed by atoms with E-state index in [1.54, 1.807) is 41.3 Å². The summed E-state index contributed by atoms with van der Waals surface area (Å²) in [4.78, 5) is 25.9. The van der Waals surface area contributed by atoms with Gasteiger partial charge in [-0.05, 0) is 36.4 Å². The average Bonchev–Trinajstić information content (AvgIpc) is 2.94. The summed E-state index contributed by atoms with van der Waals surface area (Å²) >= 11 is 6.25. The highest BCUT2D eigenvalue weighted by Gasteiger charge is 2.21. The first-order valence-corrected chi connectivity index (χ1v) is 9.05. The number of halogens is 1. The third-order valence-electron chi connectivity index (χ3n) is 4.36. The first kappa shape index (κ1) is 17.5. The van der Waals surface area contributed by atoms with Crippen molar-refractivity contribution in [2.45, 2.75) is 6.42 Å². The van der Waals surface area contributed by atoms with E-state index in [0.29, 0.717) is 54.1 Å². The standard InChI is InChI=1S/C19H18ClN3O4/c20-15-10-12(11-16-17(15)27-9-1-8-26-16)18(24)22-13-2-4-14(5-3-13)23-7-6-21-19(23)25/h2-5,10-11H,1,6-9H2,(H,21,25)(H,22,24). The van der Waals surface area contributed by atoms with Gasteiger partial charge < -0.3 is 20.1 Å². The lowest BCUT2D eigenvalue weighted by molar-refractivity contribution is 0.102. The molecule has 8 heteroatoms. The number of hydrogen-bond donors (Lipinski definition) is 2. The molecule has 2 N–H and O–H groups in total. The second-order valence-corrected chi connectivity index (χ2v) is 6.63. The number of rotatable bonds is 3. The van der Waals surface area contributed by atoms with E-state index in [2.05, 4.69) is 10.6 Å². The number of urea groups is 1. The van der Waals surface area contributed by atoms with E-state index in [0.717, 1.165) is 12.1 Å². The van der Waals surface area contributed by atoms with Gasteiger partial charge in [0.25, 0.3) is 5.91 Å². The number of amides is 3. The van der Waals surface area contributed by atoms with E-state index < -0.39 is 0 Å². The van der Waals surface area contributed by atoms with Crippen LogP contribution in [0, 0.1) is 0 Å². The third kappa shape index (κ3) is 3.64. The van der Waals surface area contributed by atoms with Gasteiger partial charge in [-0.15, -0.1) is 0 Å². The first-order valence-electron chi connectivity index (χ1n) is 8.68. The maximum absolute atomic E-state index is 12.6. The van der Waals surface area contributed by atoms with Crippen molar-refractivity contribution in [3.63, 3.8) is 0 Å². The number of anilines is 2. The van der Waals surface area contributed by atoms with Crippen LogP contribution in [0.25, 0.3) is 0 Å². The van der Waals surface area contributed by atoms with Gasteiger partial charge in [0, 0.05) is 36.4 Å². The van der Waals surface area contributed by atoms with Gasteiger partial charge in [-0.3, -0.25) is 9.69 Å². The smallest absolute Gasteiger partial charge is 0.321 e. The number of carbonyl (C=O) groups is 2. The zero-order valence-corrected chi connectivity index (χ0v) is 15.2. The highest BCUT2D eigenvalue weighted by molar-refractivity contribution is 6.32. The molecule has 0 unspecified atom stereocenters. The molecule has 7 nitrogen and oxygen atoms in total. The fourth-order valence-electron chi connectivity index (χ4n) is 3.01. The lowest BCUT2D eigenvalue weighted by Crippen LogP contribution is -2.27. The van der Waals surface area contributed by atoms with Crippen LogP contribution in [0.3, 0.4) is 0 Å². The second-order valence-electron chi connectivity index (χ2n) is 6.22. The number of hydrogen-bond acceptors (Lipinski definition) is 4. The molecule has 27 heavy (non-hydrogen) atoms. The summed E-state index contributed by atoms with van der Waals surface area (Å²) in [6, 6.07) is 10.2.